The molecule has 1 aliphatic rings. The lowest BCUT2D eigenvalue weighted by Crippen LogP contribution is -2.46. The maximum atomic E-state index is 5.33. The quantitative estimate of drug-likeness (QED) is 0.627. The minimum Gasteiger partial charge on any atom is -0.354 e. The van der Waals surface area contributed by atoms with Gasteiger partial charge in [-0.2, -0.15) is 4.98 Å². The van der Waals surface area contributed by atoms with Crippen molar-refractivity contribution in [3.63, 3.8) is 0 Å². The van der Waals surface area contributed by atoms with Crippen LogP contribution in [0.15, 0.2) is 9.52 Å². The minimum absolute atomic E-state index is 0.130. The van der Waals surface area contributed by atoms with Crippen LogP contribution in [0.3, 0.4) is 0 Å². The molecule has 0 aliphatic heterocycles. The Kier molecular flexibility index (Phi) is 6.85. The van der Waals surface area contributed by atoms with Gasteiger partial charge in [-0.3, -0.25) is 4.99 Å². The van der Waals surface area contributed by atoms with Gasteiger partial charge >= 0.3 is 0 Å². The molecule has 0 saturated heterocycles. The SMILES string of the molecule is CN=C(NCc1noc(C(C)(C)C)n1)NC(C)C(C)C1CCCCC1. The highest BCUT2D eigenvalue weighted by molar-refractivity contribution is 5.79. The predicted octanol–water partition coefficient (Wildman–Crippen LogP) is 3.64. The molecule has 1 heterocycles. The standard InChI is InChI=1S/C19H35N5O/c1-13(15-10-8-7-9-11-15)14(2)22-18(20-6)21-12-16-23-17(25-24-16)19(3,4)5/h13-15H,7-12H2,1-6H3,(H2,20,21,22). The van der Waals surface area contributed by atoms with E-state index in [1.54, 1.807) is 7.05 Å². The summed E-state index contributed by atoms with van der Waals surface area (Å²) in [6.07, 6.45) is 6.87. The van der Waals surface area contributed by atoms with Crippen molar-refractivity contribution in [3.05, 3.63) is 11.7 Å². The molecule has 142 valence electrons. The van der Waals surface area contributed by atoms with E-state index in [4.69, 9.17) is 4.52 Å². The lowest BCUT2D eigenvalue weighted by Gasteiger charge is -2.32. The summed E-state index contributed by atoms with van der Waals surface area (Å²) in [6.45, 7) is 11.3. The van der Waals surface area contributed by atoms with Crippen LogP contribution >= 0.6 is 0 Å². The number of guanidine groups is 1. The van der Waals surface area contributed by atoms with Crippen LogP contribution in [0.5, 0.6) is 0 Å². The van der Waals surface area contributed by atoms with Gasteiger partial charge in [0.1, 0.15) is 0 Å². The Morgan fingerprint density at radius 3 is 2.48 bits per heavy atom. The Labute approximate surface area is 152 Å². The third-order valence-electron chi connectivity index (χ3n) is 5.29. The number of hydrogen-bond acceptors (Lipinski definition) is 4. The first kappa shape index (κ1) is 19.7. The lowest BCUT2D eigenvalue weighted by atomic mass is 9.78. The second-order valence-electron chi connectivity index (χ2n) is 8.38. The molecule has 6 heteroatoms. The molecule has 2 atom stereocenters. The number of hydrogen-bond donors (Lipinski definition) is 2. The van der Waals surface area contributed by atoms with Crippen LogP contribution in [0, 0.1) is 11.8 Å². The molecule has 1 saturated carbocycles. The monoisotopic (exact) mass is 349 g/mol. The van der Waals surface area contributed by atoms with Crippen LogP contribution < -0.4 is 10.6 Å². The number of nitrogens with one attached hydrogen (secondary N) is 2. The summed E-state index contributed by atoms with van der Waals surface area (Å²) < 4.78 is 5.33. The van der Waals surface area contributed by atoms with E-state index in [1.165, 1.54) is 32.1 Å². The van der Waals surface area contributed by atoms with E-state index in [1.807, 2.05) is 0 Å². The molecule has 6 nitrogen and oxygen atoms in total. The van der Waals surface area contributed by atoms with Gasteiger partial charge in [-0.15, -0.1) is 0 Å². The number of aliphatic imine (C=N–C) groups is 1. The molecule has 1 fully saturated rings. The Morgan fingerprint density at radius 2 is 1.92 bits per heavy atom. The third kappa shape index (κ3) is 5.72. The molecular weight excluding hydrogens is 314 g/mol. The zero-order valence-electron chi connectivity index (χ0n) is 16.7. The molecular formula is C19H35N5O. The Bertz CT molecular complexity index is 554. The van der Waals surface area contributed by atoms with E-state index in [0.717, 1.165) is 11.9 Å². The summed E-state index contributed by atoms with van der Waals surface area (Å²) in [5, 5.41) is 10.9. The van der Waals surface area contributed by atoms with E-state index in [0.29, 0.717) is 30.2 Å². The molecule has 2 N–H and O–H groups in total. The van der Waals surface area contributed by atoms with Crippen molar-refractivity contribution in [2.24, 2.45) is 16.8 Å². The number of nitrogens with zero attached hydrogens (tertiary/aromatic N) is 3. The van der Waals surface area contributed by atoms with Crippen LogP contribution in [0.2, 0.25) is 0 Å². The molecule has 1 aliphatic carbocycles. The summed E-state index contributed by atoms with van der Waals surface area (Å²) in [5.74, 6) is 3.56. The van der Waals surface area contributed by atoms with Gasteiger partial charge in [0.25, 0.3) is 0 Å². The fourth-order valence-electron chi connectivity index (χ4n) is 3.40. The van der Waals surface area contributed by atoms with Crippen molar-refractivity contribution in [2.45, 2.75) is 84.7 Å². The Hall–Kier alpha value is -1.59. The molecule has 0 amide bonds. The van der Waals surface area contributed by atoms with Crippen molar-refractivity contribution in [2.75, 3.05) is 7.05 Å². The highest BCUT2D eigenvalue weighted by Crippen LogP contribution is 2.31. The molecule has 25 heavy (non-hydrogen) atoms. The van der Waals surface area contributed by atoms with E-state index >= 15 is 0 Å². The summed E-state index contributed by atoms with van der Waals surface area (Å²) in [7, 11) is 1.80. The topological polar surface area (TPSA) is 75.3 Å². The van der Waals surface area contributed by atoms with Crippen LogP contribution in [0.1, 0.15) is 78.4 Å². The van der Waals surface area contributed by atoms with Gasteiger partial charge in [0, 0.05) is 18.5 Å². The Balaban J connectivity index is 1.84. The molecule has 2 rings (SSSR count). The first-order valence-electron chi connectivity index (χ1n) is 9.61. The second kappa shape index (κ2) is 8.68. The predicted molar refractivity (Wildman–Crippen MR) is 102 cm³/mol. The molecule has 2 unspecified atom stereocenters. The lowest BCUT2D eigenvalue weighted by molar-refractivity contribution is 0.229. The van der Waals surface area contributed by atoms with Crippen LogP contribution in [-0.4, -0.2) is 29.2 Å². The van der Waals surface area contributed by atoms with E-state index in [2.05, 4.69) is 60.4 Å². The van der Waals surface area contributed by atoms with Gasteiger partial charge in [-0.1, -0.05) is 65.0 Å². The zero-order valence-corrected chi connectivity index (χ0v) is 16.7. The largest absolute Gasteiger partial charge is 0.354 e. The van der Waals surface area contributed by atoms with E-state index < -0.39 is 0 Å². The summed E-state index contributed by atoms with van der Waals surface area (Å²) in [4.78, 5) is 8.79. The van der Waals surface area contributed by atoms with Crippen molar-refractivity contribution < 1.29 is 4.52 Å². The average Bonchev–Trinajstić information content (AvgIpc) is 3.08. The van der Waals surface area contributed by atoms with Gasteiger partial charge in [0.15, 0.2) is 11.8 Å². The van der Waals surface area contributed by atoms with Crippen molar-refractivity contribution in [1.29, 1.82) is 0 Å². The van der Waals surface area contributed by atoms with Gasteiger partial charge < -0.3 is 15.2 Å². The van der Waals surface area contributed by atoms with Crippen LogP contribution in [0.25, 0.3) is 0 Å². The normalized spacial score (nSPS) is 19.5. The van der Waals surface area contributed by atoms with E-state index in [9.17, 15) is 0 Å². The Morgan fingerprint density at radius 1 is 1.24 bits per heavy atom. The van der Waals surface area contributed by atoms with Gasteiger partial charge in [0.2, 0.25) is 5.89 Å². The minimum atomic E-state index is -0.130. The average molecular weight is 350 g/mol. The van der Waals surface area contributed by atoms with Crippen LogP contribution in [-0.2, 0) is 12.0 Å². The second-order valence-corrected chi connectivity index (χ2v) is 8.38. The number of aromatic nitrogens is 2. The zero-order chi connectivity index (χ0) is 18.4. The summed E-state index contributed by atoms with van der Waals surface area (Å²) in [5.41, 5.74) is -0.130. The highest BCUT2D eigenvalue weighted by atomic mass is 16.5. The first-order chi connectivity index (χ1) is 11.8. The fourth-order valence-corrected chi connectivity index (χ4v) is 3.40. The molecule has 0 radical (unpaired) electrons. The van der Waals surface area contributed by atoms with Gasteiger partial charge in [0.05, 0.1) is 6.54 Å². The van der Waals surface area contributed by atoms with E-state index in [-0.39, 0.29) is 5.41 Å². The molecule has 0 spiro atoms. The van der Waals surface area contributed by atoms with Gasteiger partial charge in [-0.05, 0) is 18.8 Å². The van der Waals surface area contributed by atoms with Crippen molar-refractivity contribution >= 4 is 5.96 Å². The summed E-state index contributed by atoms with van der Waals surface area (Å²) >= 11 is 0. The van der Waals surface area contributed by atoms with Gasteiger partial charge in [-0.25, -0.2) is 0 Å². The molecule has 0 aromatic carbocycles. The number of rotatable bonds is 5. The van der Waals surface area contributed by atoms with Crippen molar-refractivity contribution in [3.8, 4) is 0 Å². The third-order valence-corrected chi connectivity index (χ3v) is 5.29. The molecule has 1 aromatic rings. The summed E-state index contributed by atoms with van der Waals surface area (Å²) in [6, 6.07) is 0.379. The smallest absolute Gasteiger partial charge is 0.232 e. The molecule has 1 aromatic heterocycles. The first-order valence-corrected chi connectivity index (χ1v) is 9.61. The van der Waals surface area contributed by atoms with Crippen molar-refractivity contribution in [1.82, 2.24) is 20.8 Å². The fraction of sp³-hybridized carbons (Fsp3) is 0.842. The maximum absolute atomic E-state index is 5.33. The molecule has 0 bridgehead atoms. The maximum Gasteiger partial charge on any atom is 0.232 e. The highest BCUT2D eigenvalue weighted by Gasteiger charge is 2.25. The van der Waals surface area contributed by atoms with Crippen LogP contribution in [0.4, 0.5) is 0 Å².